The molecule has 1 aliphatic carbocycles. The van der Waals surface area contributed by atoms with E-state index in [0.29, 0.717) is 48.6 Å². The van der Waals surface area contributed by atoms with Gasteiger partial charge >= 0.3 is 5.97 Å². The van der Waals surface area contributed by atoms with Gasteiger partial charge in [0, 0.05) is 12.4 Å². The molecule has 1 saturated carbocycles. The number of aromatic nitrogens is 4. The Morgan fingerprint density at radius 2 is 1.78 bits per heavy atom. The van der Waals surface area contributed by atoms with E-state index in [2.05, 4.69) is 15.3 Å². The summed E-state index contributed by atoms with van der Waals surface area (Å²) in [5.41, 5.74) is 2.20. The summed E-state index contributed by atoms with van der Waals surface area (Å²) in [6, 6.07) is 16.8. The molecule has 1 aromatic carbocycles. The highest BCUT2D eigenvalue weighted by atomic mass is 16.5. The smallest absolute Gasteiger partial charge is 0.338 e. The first-order chi connectivity index (χ1) is 17.4. The number of aryl methyl sites for hydroxylation is 2. The Morgan fingerprint density at radius 3 is 2.53 bits per heavy atom. The Hall–Kier alpha value is -4.04. The van der Waals surface area contributed by atoms with E-state index in [1.165, 1.54) is 0 Å². The normalized spacial score (nSPS) is 19.6. The molecular formula is C28H29N5O3. The summed E-state index contributed by atoms with van der Waals surface area (Å²) in [6.45, 7) is 4.02. The van der Waals surface area contributed by atoms with Crippen molar-refractivity contribution < 1.29 is 14.6 Å². The lowest BCUT2D eigenvalue weighted by molar-refractivity contribution is -0.0485. The maximum Gasteiger partial charge on any atom is 0.338 e. The lowest BCUT2D eigenvalue weighted by atomic mass is 9.81. The minimum Gasteiger partial charge on any atom is -0.459 e. The Balaban J connectivity index is 1.26. The Labute approximate surface area is 210 Å². The number of rotatable bonds is 6. The number of ether oxygens (including phenoxy) is 1. The summed E-state index contributed by atoms with van der Waals surface area (Å²) in [6.07, 6.45) is 7.10. The third-order valence-corrected chi connectivity index (χ3v) is 6.49. The van der Waals surface area contributed by atoms with Crippen LogP contribution in [0.25, 0.3) is 5.82 Å². The van der Waals surface area contributed by atoms with Crippen LogP contribution in [0.15, 0.2) is 73.3 Å². The zero-order valence-corrected chi connectivity index (χ0v) is 20.4. The first kappa shape index (κ1) is 23.7. The quantitative estimate of drug-likeness (QED) is 0.372. The molecule has 184 valence electrons. The van der Waals surface area contributed by atoms with Crippen molar-refractivity contribution in [3.8, 4) is 5.82 Å². The number of anilines is 2. The summed E-state index contributed by atoms with van der Waals surface area (Å²) in [5, 5.41) is 14.6. The average Bonchev–Trinajstić information content (AvgIpc) is 3.37. The van der Waals surface area contributed by atoms with E-state index in [1.807, 2.05) is 67.1 Å². The number of esters is 1. The van der Waals surface area contributed by atoms with Crippen LogP contribution in [-0.2, 0) is 10.3 Å². The van der Waals surface area contributed by atoms with Crippen LogP contribution in [-0.4, -0.2) is 36.7 Å². The van der Waals surface area contributed by atoms with Crippen LogP contribution in [0.4, 0.5) is 11.6 Å². The summed E-state index contributed by atoms with van der Waals surface area (Å²) < 4.78 is 7.48. The molecule has 3 heterocycles. The molecule has 1 aliphatic rings. The Kier molecular flexibility index (Phi) is 6.52. The van der Waals surface area contributed by atoms with Crippen molar-refractivity contribution >= 4 is 17.6 Å². The number of carbonyl (C=O) groups excluding carboxylic acids is 1. The minimum atomic E-state index is -1.07. The van der Waals surface area contributed by atoms with Crippen LogP contribution >= 0.6 is 0 Å². The van der Waals surface area contributed by atoms with Crippen LogP contribution in [0.3, 0.4) is 0 Å². The molecule has 0 aliphatic heterocycles. The molecule has 0 saturated heterocycles. The summed E-state index contributed by atoms with van der Waals surface area (Å²) in [5.74, 6) is 1.77. The number of aliphatic hydroxyl groups is 1. The standard InChI is InChI=1S/C28H29N5O3/c1-19-10-13-29-24(14-19)31-25-15-20(2)16-26(32-25)33-17-23(30-18-33)28(35)11-8-22(9-12-28)36-27(34)21-6-4-3-5-7-21/h3-7,10,13-18,22,35H,8-9,11-12H2,1-2H3,(H,29,31,32)/t22-,28+. The maximum atomic E-state index is 12.4. The third kappa shape index (κ3) is 5.28. The Morgan fingerprint density at radius 1 is 1.03 bits per heavy atom. The van der Waals surface area contributed by atoms with E-state index in [0.717, 1.165) is 16.9 Å². The van der Waals surface area contributed by atoms with E-state index in [9.17, 15) is 9.90 Å². The molecule has 8 nitrogen and oxygen atoms in total. The number of imidazole rings is 1. The second-order valence-corrected chi connectivity index (χ2v) is 9.40. The lowest BCUT2D eigenvalue weighted by Crippen LogP contribution is -2.35. The van der Waals surface area contributed by atoms with Crippen LogP contribution in [0.5, 0.6) is 0 Å². The van der Waals surface area contributed by atoms with E-state index in [1.54, 1.807) is 24.7 Å². The number of nitrogens with one attached hydrogen (secondary N) is 1. The highest BCUT2D eigenvalue weighted by Gasteiger charge is 2.38. The van der Waals surface area contributed by atoms with E-state index < -0.39 is 5.60 Å². The maximum absolute atomic E-state index is 12.4. The van der Waals surface area contributed by atoms with Gasteiger partial charge in [-0.2, -0.15) is 0 Å². The third-order valence-electron chi connectivity index (χ3n) is 6.49. The molecule has 4 aromatic rings. The zero-order valence-electron chi connectivity index (χ0n) is 20.4. The van der Waals surface area contributed by atoms with Crippen molar-refractivity contribution in [3.63, 3.8) is 0 Å². The predicted octanol–water partition coefficient (Wildman–Crippen LogP) is 5.01. The lowest BCUT2D eigenvalue weighted by Gasteiger charge is -2.34. The number of pyridine rings is 2. The van der Waals surface area contributed by atoms with Gasteiger partial charge in [-0.25, -0.2) is 19.7 Å². The summed E-state index contributed by atoms with van der Waals surface area (Å²) >= 11 is 0. The van der Waals surface area contributed by atoms with Gasteiger partial charge in [0.25, 0.3) is 0 Å². The fourth-order valence-electron chi connectivity index (χ4n) is 4.51. The largest absolute Gasteiger partial charge is 0.459 e. The second kappa shape index (κ2) is 9.91. The number of carbonyl (C=O) groups is 1. The van der Waals surface area contributed by atoms with Crippen molar-refractivity contribution in [1.82, 2.24) is 19.5 Å². The SMILES string of the molecule is Cc1ccnc(Nc2cc(C)cc(-n3cnc([C@]4(O)CC[C@@H](OC(=O)c5ccccc5)CC4)c3)n2)c1. The predicted molar refractivity (Wildman–Crippen MR) is 136 cm³/mol. The van der Waals surface area contributed by atoms with E-state index in [4.69, 9.17) is 9.72 Å². The molecule has 0 spiro atoms. The molecule has 0 amide bonds. The van der Waals surface area contributed by atoms with Crippen LogP contribution < -0.4 is 5.32 Å². The van der Waals surface area contributed by atoms with E-state index >= 15 is 0 Å². The fourth-order valence-corrected chi connectivity index (χ4v) is 4.51. The first-order valence-corrected chi connectivity index (χ1v) is 12.1. The van der Waals surface area contributed by atoms with Crippen LogP contribution in [0.1, 0.15) is 52.9 Å². The highest BCUT2D eigenvalue weighted by Crippen LogP contribution is 2.37. The summed E-state index contributed by atoms with van der Waals surface area (Å²) in [4.78, 5) is 25.9. The van der Waals surface area contributed by atoms with Crippen LogP contribution in [0, 0.1) is 13.8 Å². The topological polar surface area (TPSA) is 102 Å². The van der Waals surface area contributed by atoms with Gasteiger partial charge in [0.1, 0.15) is 35.5 Å². The zero-order chi connectivity index (χ0) is 25.1. The molecule has 3 aromatic heterocycles. The fraction of sp³-hybridized carbons (Fsp3) is 0.286. The number of benzene rings is 1. The van der Waals surface area contributed by atoms with Gasteiger partial charge in [-0.15, -0.1) is 0 Å². The molecule has 0 bridgehead atoms. The second-order valence-electron chi connectivity index (χ2n) is 9.40. The van der Waals surface area contributed by atoms with E-state index in [-0.39, 0.29) is 12.1 Å². The average molecular weight is 484 g/mol. The number of nitrogens with zero attached hydrogens (tertiary/aromatic N) is 4. The van der Waals surface area contributed by atoms with Crippen molar-refractivity contribution in [2.45, 2.75) is 51.2 Å². The van der Waals surface area contributed by atoms with Gasteiger partial charge in [0.05, 0.1) is 11.3 Å². The highest BCUT2D eigenvalue weighted by molar-refractivity contribution is 5.89. The van der Waals surface area contributed by atoms with Crippen molar-refractivity contribution in [2.75, 3.05) is 5.32 Å². The number of hydrogen-bond acceptors (Lipinski definition) is 7. The molecule has 36 heavy (non-hydrogen) atoms. The Bertz CT molecular complexity index is 1360. The molecule has 5 rings (SSSR count). The molecule has 1 fully saturated rings. The minimum absolute atomic E-state index is 0.220. The molecule has 2 N–H and O–H groups in total. The monoisotopic (exact) mass is 483 g/mol. The van der Waals surface area contributed by atoms with Gasteiger partial charge in [0.2, 0.25) is 0 Å². The molecule has 0 atom stereocenters. The van der Waals surface area contributed by atoms with Crippen molar-refractivity contribution in [1.29, 1.82) is 0 Å². The van der Waals surface area contributed by atoms with Crippen molar-refractivity contribution in [3.05, 3.63) is 95.7 Å². The van der Waals surface area contributed by atoms with Crippen molar-refractivity contribution in [2.24, 2.45) is 0 Å². The number of hydrogen-bond donors (Lipinski definition) is 2. The van der Waals surface area contributed by atoms with Gasteiger partial charge in [0.15, 0.2) is 0 Å². The summed E-state index contributed by atoms with van der Waals surface area (Å²) in [7, 11) is 0. The molecule has 0 radical (unpaired) electrons. The van der Waals surface area contributed by atoms with Gasteiger partial charge in [-0.3, -0.25) is 4.57 Å². The molecule has 0 unspecified atom stereocenters. The van der Waals surface area contributed by atoms with Gasteiger partial charge < -0.3 is 15.2 Å². The van der Waals surface area contributed by atoms with Gasteiger partial charge in [-0.05, 0) is 87.1 Å². The molecule has 8 heteroatoms. The van der Waals surface area contributed by atoms with Gasteiger partial charge in [-0.1, -0.05) is 18.2 Å². The molecular weight excluding hydrogens is 454 g/mol. The first-order valence-electron chi connectivity index (χ1n) is 12.1. The van der Waals surface area contributed by atoms with Crippen LogP contribution in [0.2, 0.25) is 0 Å².